The average Bonchev–Trinajstić information content (AvgIpc) is 2.50. The summed E-state index contributed by atoms with van der Waals surface area (Å²) in [5.41, 5.74) is 3.88. The van der Waals surface area contributed by atoms with Gasteiger partial charge < -0.3 is 0 Å². The zero-order valence-electron chi connectivity index (χ0n) is 11.1. The first-order chi connectivity index (χ1) is 9.84. The molecular formula is C19H16S. The molecule has 20 heavy (non-hydrogen) atoms. The third-order valence-corrected chi connectivity index (χ3v) is 3.75. The van der Waals surface area contributed by atoms with Gasteiger partial charge in [-0.2, -0.15) is 0 Å². The lowest BCUT2D eigenvalue weighted by atomic mass is 9.85. The maximum absolute atomic E-state index is 4.47. The summed E-state index contributed by atoms with van der Waals surface area (Å²) in [6.45, 7) is 0. The van der Waals surface area contributed by atoms with Crippen molar-refractivity contribution in [3.05, 3.63) is 102 Å². The third-order valence-electron chi connectivity index (χ3n) is 3.47. The monoisotopic (exact) mass is 276 g/mol. The van der Waals surface area contributed by atoms with Crippen molar-refractivity contribution in [3.63, 3.8) is 0 Å². The Kier molecular flexibility index (Phi) is 3.89. The molecular weight excluding hydrogens is 260 g/mol. The van der Waals surface area contributed by atoms with Crippen molar-refractivity contribution in [1.29, 1.82) is 0 Å². The van der Waals surface area contributed by atoms with Crippen LogP contribution in [0.5, 0.6) is 0 Å². The predicted octanol–water partition coefficient (Wildman–Crippen LogP) is 5.16. The largest absolute Gasteiger partial charge is 0.143 e. The highest BCUT2D eigenvalue weighted by atomic mass is 32.1. The quantitative estimate of drug-likeness (QED) is 0.496. The highest BCUT2D eigenvalue weighted by Gasteiger charge is 2.16. The molecule has 98 valence electrons. The molecule has 3 aromatic carbocycles. The van der Waals surface area contributed by atoms with Crippen molar-refractivity contribution in [2.24, 2.45) is 0 Å². The minimum absolute atomic E-state index is 0.254. The van der Waals surface area contributed by atoms with Crippen LogP contribution < -0.4 is 0 Å². The zero-order chi connectivity index (χ0) is 13.8. The number of hydrogen-bond acceptors (Lipinski definition) is 1. The molecule has 0 aliphatic carbocycles. The molecule has 0 spiro atoms. The van der Waals surface area contributed by atoms with Gasteiger partial charge in [-0.25, -0.2) is 0 Å². The van der Waals surface area contributed by atoms with Gasteiger partial charge in [0, 0.05) is 10.8 Å². The van der Waals surface area contributed by atoms with Crippen LogP contribution in [0, 0.1) is 0 Å². The van der Waals surface area contributed by atoms with Crippen LogP contribution in [0.25, 0.3) is 0 Å². The Labute approximate surface area is 125 Å². The van der Waals surface area contributed by atoms with Crippen LogP contribution in [-0.2, 0) is 0 Å². The molecule has 0 saturated heterocycles. The fraction of sp³-hybridized carbons (Fsp3) is 0.0526. The lowest BCUT2D eigenvalue weighted by Gasteiger charge is -2.19. The highest BCUT2D eigenvalue weighted by molar-refractivity contribution is 7.80. The van der Waals surface area contributed by atoms with Gasteiger partial charge >= 0.3 is 0 Å². The molecule has 0 radical (unpaired) electrons. The Hall–Kier alpha value is -1.99. The van der Waals surface area contributed by atoms with Gasteiger partial charge in [0.25, 0.3) is 0 Å². The zero-order valence-corrected chi connectivity index (χ0v) is 12.0. The fourth-order valence-electron chi connectivity index (χ4n) is 2.57. The van der Waals surface area contributed by atoms with Crippen molar-refractivity contribution in [2.75, 3.05) is 0 Å². The first-order valence-corrected chi connectivity index (χ1v) is 7.18. The molecule has 0 fully saturated rings. The van der Waals surface area contributed by atoms with Gasteiger partial charge in [0.2, 0.25) is 0 Å². The van der Waals surface area contributed by atoms with Gasteiger partial charge in [0.05, 0.1) is 0 Å². The summed E-state index contributed by atoms with van der Waals surface area (Å²) >= 11 is 4.47. The van der Waals surface area contributed by atoms with E-state index in [9.17, 15) is 0 Å². The van der Waals surface area contributed by atoms with E-state index in [-0.39, 0.29) is 5.92 Å². The number of rotatable bonds is 3. The van der Waals surface area contributed by atoms with Crippen LogP contribution in [0.1, 0.15) is 22.6 Å². The number of hydrogen-bond donors (Lipinski definition) is 1. The van der Waals surface area contributed by atoms with E-state index >= 15 is 0 Å². The summed E-state index contributed by atoms with van der Waals surface area (Å²) in [5.74, 6) is 0.254. The second-order valence-corrected chi connectivity index (χ2v) is 5.37. The highest BCUT2D eigenvalue weighted by Crippen LogP contribution is 2.32. The molecule has 0 aromatic heterocycles. The van der Waals surface area contributed by atoms with Gasteiger partial charge in [-0.1, -0.05) is 72.8 Å². The van der Waals surface area contributed by atoms with Crippen LogP contribution in [0.2, 0.25) is 0 Å². The van der Waals surface area contributed by atoms with E-state index in [0.717, 1.165) is 4.90 Å². The van der Waals surface area contributed by atoms with Crippen LogP contribution in [0.4, 0.5) is 0 Å². The van der Waals surface area contributed by atoms with E-state index in [2.05, 4.69) is 91.5 Å². The second kappa shape index (κ2) is 5.98. The summed E-state index contributed by atoms with van der Waals surface area (Å²) in [7, 11) is 0. The van der Waals surface area contributed by atoms with E-state index in [4.69, 9.17) is 0 Å². The molecule has 0 aliphatic heterocycles. The maximum atomic E-state index is 4.47. The van der Waals surface area contributed by atoms with Crippen molar-refractivity contribution in [1.82, 2.24) is 0 Å². The fourth-order valence-corrected chi connectivity index (χ4v) is 2.81. The van der Waals surface area contributed by atoms with Crippen LogP contribution >= 0.6 is 12.6 Å². The van der Waals surface area contributed by atoms with Crippen molar-refractivity contribution >= 4 is 12.6 Å². The Balaban J connectivity index is 2.14. The average molecular weight is 276 g/mol. The first-order valence-electron chi connectivity index (χ1n) is 6.73. The topological polar surface area (TPSA) is 0 Å². The Morgan fingerprint density at radius 2 is 1.05 bits per heavy atom. The summed E-state index contributed by atoms with van der Waals surface area (Å²) < 4.78 is 0. The standard InChI is InChI=1S/C19H16S/c20-18-13-7-12-17(14-18)19(15-8-3-1-4-9-15)16-10-5-2-6-11-16/h1-14,19-20H. The number of thiol groups is 1. The summed E-state index contributed by atoms with van der Waals surface area (Å²) in [5, 5.41) is 0. The molecule has 0 bridgehead atoms. The molecule has 0 aliphatic rings. The molecule has 3 rings (SSSR count). The van der Waals surface area contributed by atoms with Crippen molar-refractivity contribution in [3.8, 4) is 0 Å². The normalized spacial score (nSPS) is 10.7. The predicted molar refractivity (Wildman–Crippen MR) is 87.5 cm³/mol. The lowest BCUT2D eigenvalue weighted by molar-refractivity contribution is 0.971. The van der Waals surface area contributed by atoms with Crippen molar-refractivity contribution < 1.29 is 0 Å². The minimum atomic E-state index is 0.254. The smallest absolute Gasteiger partial charge is 0.0340 e. The molecule has 3 aromatic rings. The van der Waals surface area contributed by atoms with Gasteiger partial charge in [0.1, 0.15) is 0 Å². The second-order valence-electron chi connectivity index (χ2n) is 4.85. The van der Waals surface area contributed by atoms with Crippen LogP contribution in [-0.4, -0.2) is 0 Å². The molecule has 0 unspecified atom stereocenters. The lowest BCUT2D eigenvalue weighted by Crippen LogP contribution is -2.03. The van der Waals surface area contributed by atoms with Crippen molar-refractivity contribution in [2.45, 2.75) is 10.8 Å². The van der Waals surface area contributed by atoms with Gasteiger partial charge in [-0.05, 0) is 28.8 Å². The van der Waals surface area contributed by atoms with E-state index in [1.807, 2.05) is 6.07 Å². The molecule has 0 amide bonds. The minimum Gasteiger partial charge on any atom is -0.143 e. The van der Waals surface area contributed by atoms with E-state index in [1.54, 1.807) is 0 Å². The SMILES string of the molecule is Sc1cccc(C(c2ccccc2)c2ccccc2)c1. The van der Waals surface area contributed by atoms with Gasteiger partial charge in [-0.15, -0.1) is 12.6 Å². The maximum Gasteiger partial charge on any atom is 0.0340 e. The summed E-state index contributed by atoms with van der Waals surface area (Å²) in [6, 6.07) is 29.6. The summed E-state index contributed by atoms with van der Waals surface area (Å²) in [4.78, 5) is 0.999. The van der Waals surface area contributed by atoms with Gasteiger partial charge in [0.15, 0.2) is 0 Å². The van der Waals surface area contributed by atoms with Crippen LogP contribution in [0.15, 0.2) is 89.8 Å². The third kappa shape index (κ3) is 2.78. The molecule has 0 heterocycles. The molecule has 0 saturated carbocycles. The molecule has 0 N–H and O–H groups in total. The Bertz CT molecular complexity index is 635. The Morgan fingerprint density at radius 3 is 1.55 bits per heavy atom. The first kappa shape index (κ1) is 13.0. The Morgan fingerprint density at radius 1 is 0.550 bits per heavy atom. The summed E-state index contributed by atoms with van der Waals surface area (Å²) in [6.07, 6.45) is 0. The van der Waals surface area contributed by atoms with Crippen LogP contribution in [0.3, 0.4) is 0 Å². The van der Waals surface area contributed by atoms with E-state index < -0.39 is 0 Å². The van der Waals surface area contributed by atoms with Gasteiger partial charge in [-0.3, -0.25) is 0 Å². The molecule has 0 atom stereocenters. The molecule has 0 nitrogen and oxygen atoms in total. The molecule has 1 heteroatoms. The number of benzene rings is 3. The van der Waals surface area contributed by atoms with E-state index in [0.29, 0.717) is 0 Å². The van der Waals surface area contributed by atoms with E-state index in [1.165, 1.54) is 16.7 Å².